The predicted molar refractivity (Wildman–Crippen MR) is 47.4 cm³/mol. The van der Waals surface area contributed by atoms with Crippen LogP contribution in [0.15, 0.2) is 12.4 Å². The number of halogens is 1. The van der Waals surface area contributed by atoms with Gasteiger partial charge in [0.05, 0.1) is 12.3 Å². The molecule has 1 aromatic rings. The number of aromatic nitrogens is 2. The van der Waals surface area contributed by atoms with E-state index in [2.05, 4.69) is 9.97 Å². The fraction of sp³-hybridized carbons (Fsp3) is 0.375. The molecular weight excluding hydrogens is 192 g/mol. The zero-order chi connectivity index (χ0) is 9.68. The third-order valence-electron chi connectivity index (χ3n) is 1.37. The molecule has 1 rings (SSSR count). The average Bonchev–Trinajstić information content (AvgIpc) is 2.08. The van der Waals surface area contributed by atoms with Crippen molar-refractivity contribution in [3.63, 3.8) is 0 Å². The SMILES string of the molecule is CC(=O)OCCc1nccnc1Cl. The van der Waals surface area contributed by atoms with E-state index >= 15 is 0 Å². The first-order valence-electron chi connectivity index (χ1n) is 3.79. The maximum absolute atomic E-state index is 10.4. The van der Waals surface area contributed by atoms with Gasteiger partial charge in [0.15, 0.2) is 5.15 Å². The standard InChI is InChI=1S/C8H9ClN2O2/c1-6(12)13-5-2-7-8(9)11-4-3-10-7/h3-4H,2,5H2,1H3. The molecule has 0 amide bonds. The second kappa shape index (κ2) is 4.77. The zero-order valence-electron chi connectivity index (χ0n) is 7.16. The summed E-state index contributed by atoms with van der Waals surface area (Å²) in [5.41, 5.74) is 0.644. The molecule has 1 heterocycles. The van der Waals surface area contributed by atoms with Crippen LogP contribution in [-0.4, -0.2) is 22.5 Å². The monoisotopic (exact) mass is 200 g/mol. The van der Waals surface area contributed by atoms with Crippen LogP contribution in [-0.2, 0) is 16.0 Å². The molecule has 13 heavy (non-hydrogen) atoms. The minimum atomic E-state index is -0.306. The lowest BCUT2D eigenvalue weighted by Crippen LogP contribution is -2.05. The molecule has 0 radical (unpaired) electrons. The van der Waals surface area contributed by atoms with Gasteiger partial charge < -0.3 is 4.74 Å². The highest BCUT2D eigenvalue weighted by Crippen LogP contribution is 2.08. The van der Waals surface area contributed by atoms with E-state index in [4.69, 9.17) is 16.3 Å². The van der Waals surface area contributed by atoms with E-state index in [-0.39, 0.29) is 12.6 Å². The smallest absolute Gasteiger partial charge is 0.302 e. The van der Waals surface area contributed by atoms with Crippen molar-refractivity contribution in [3.05, 3.63) is 23.2 Å². The molecule has 0 atom stereocenters. The van der Waals surface area contributed by atoms with Gasteiger partial charge in [-0.25, -0.2) is 4.98 Å². The van der Waals surface area contributed by atoms with Gasteiger partial charge in [0.2, 0.25) is 0 Å². The number of esters is 1. The van der Waals surface area contributed by atoms with Crippen molar-refractivity contribution >= 4 is 17.6 Å². The summed E-state index contributed by atoms with van der Waals surface area (Å²) >= 11 is 5.73. The molecule has 70 valence electrons. The van der Waals surface area contributed by atoms with E-state index in [1.807, 2.05) is 0 Å². The van der Waals surface area contributed by atoms with Crippen LogP contribution in [0.25, 0.3) is 0 Å². The summed E-state index contributed by atoms with van der Waals surface area (Å²) in [5, 5.41) is 0.356. The van der Waals surface area contributed by atoms with Crippen molar-refractivity contribution in [1.29, 1.82) is 0 Å². The average molecular weight is 201 g/mol. The Morgan fingerprint density at radius 1 is 1.54 bits per heavy atom. The van der Waals surface area contributed by atoms with E-state index in [0.29, 0.717) is 17.3 Å². The van der Waals surface area contributed by atoms with Crippen molar-refractivity contribution in [1.82, 2.24) is 9.97 Å². The minimum Gasteiger partial charge on any atom is -0.465 e. The van der Waals surface area contributed by atoms with Gasteiger partial charge in [-0.2, -0.15) is 0 Å². The number of nitrogens with zero attached hydrogens (tertiary/aromatic N) is 2. The number of rotatable bonds is 3. The number of carbonyl (C=O) groups is 1. The fourth-order valence-corrected chi connectivity index (χ4v) is 1.01. The Balaban J connectivity index is 2.45. The Morgan fingerprint density at radius 3 is 2.85 bits per heavy atom. The Labute approximate surface area is 80.9 Å². The Morgan fingerprint density at radius 2 is 2.23 bits per heavy atom. The van der Waals surface area contributed by atoms with E-state index in [1.165, 1.54) is 13.1 Å². The first-order valence-corrected chi connectivity index (χ1v) is 4.16. The minimum absolute atomic E-state index is 0.285. The second-order valence-corrected chi connectivity index (χ2v) is 2.74. The third-order valence-corrected chi connectivity index (χ3v) is 1.68. The van der Waals surface area contributed by atoms with Gasteiger partial charge >= 0.3 is 5.97 Å². The molecule has 0 aliphatic heterocycles. The molecule has 0 aliphatic rings. The lowest BCUT2D eigenvalue weighted by Gasteiger charge is -2.01. The van der Waals surface area contributed by atoms with E-state index in [1.54, 1.807) is 6.20 Å². The Bertz CT molecular complexity index is 304. The molecule has 0 unspecified atom stereocenters. The molecule has 4 nitrogen and oxygen atoms in total. The first-order chi connectivity index (χ1) is 6.20. The molecule has 0 spiro atoms. The summed E-state index contributed by atoms with van der Waals surface area (Å²) in [7, 11) is 0. The molecular formula is C8H9ClN2O2. The lowest BCUT2D eigenvalue weighted by atomic mass is 10.3. The van der Waals surface area contributed by atoms with Gasteiger partial charge in [-0.15, -0.1) is 0 Å². The van der Waals surface area contributed by atoms with Gasteiger partial charge in [0.1, 0.15) is 0 Å². The van der Waals surface area contributed by atoms with Crippen LogP contribution in [0.4, 0.5) is 0 Å². The maximum Gasteiger partial charge on any atom is 0.302 e. The predicted octanol–water partition coefficient (Wildman–Crippen LogP) is 1.24. The summed E-state index contributed by atoms with van der Waals surface area (Å²) in [6.07, 6.45) is 3.55. The third kappa shape index (κ3) is 3.38. The molecule has 0 fully saturated rings. The quantitative estimate of drug-likeness (QED) is 0.689. The summed E-state index contributed by atoms with van der Waals surface area (Å²) < 4.78 is 4.74. The van der Waals surface area contributed by atoms with Gasteiger partial charge in [-0.1, -0.05) is 11.6 Å². The van der Waals surface area contributed by atoms with Gasteiger partial charge in [-0.3, -0.25) is 9.78 Å². The second-order valence-electron chi connectivity index (χ2n) is 2.38. The van der Waals surface area contributed by atoms with Crippen molar-refractivity contribution in [2.75, 3.05) is 6.61 Å². The Kier molecular flexibility index (Phi) is 3.64. The molecule has 0 bridgehead atoms. The van der Waals surface area contributed by atoms with Crippen LogP contribution in [0, 0.1) is 0 Å². The molecule has 5 heteroatoms. The summed E-state index contributed by atoms with van der Waals surface area (Å²) in [4.78, 5) is 18.3. The number of ether oxygens (including phenoxy) is 1. The van der Waals surface area contributed by atoms with Gasteiger partial charge in [0, 0.05) is 25.7 Å². The van der Waals surface area contributed by atoms with Crippen LogP contribution in [0.2, 0.25) is 5.15 Å². The van der Waals surface area contributed by atoms with Crippen LogP contribution < -0.4 is 0 Å². The molecule has 0 aliphatic carbocycles. The Hall–Kier alpha value is -1.16. The van der Waals surface area contributed by atoms with Crippen LogP contribution in [0.3, 0.4) is 0 Å². The van der Waals surface area contributed by atoms with Crippen molar-refractivity contribution < 1.29 is 9.53 Å². The number of carbonyl (C=O) groups excluding carboxylic acids is 1. The fourth-order valence-electron chi connectivity index (χ4n) is 0.809. The largest absolute Gasteiger partial charge is 0.465 e. The zero-order valence-corrected chi connectivity index (χ0v) is 7.91. The van der Waals surface area contributed by atoms with E-state index in [9.17, 15) is 4.79 Å². The number of hydrogen-bond donors (Lipinski definition) is 0. The van der Waals surface area contributed by atoms with Gasteiger partial charge in [0.25, 0.3) is 0 Å². The van der Waals surface area contributed by atoms with Crippen molar-refractivity contribution in [2.45, 2.75) is 13.3 Å². The normalized spacial score (nSPS) is 9.69. The van der Waals surface area contributed by atoms with E-state index < -0.39 is 0 Å². The molecule has 0 aromatic carbocycles. The van der Waals surface area contributed by atoms with Crippen LogP contribution in [0.1, 0.15) is 12.6 Å². The summed E-state index contributed by atoms with van der Waals surface area (Å²) in [5.74, 6) is -0.306. The lowest BCUT2D eigenvalue weighted by molar-refractivity contribution is -0.140. The molecule has 0 N–H and O–H groups in total. The van der Waals surface area contributed by atoms with Crippen molar-refractivity contribution in [2.24, 2.45) is 0 Å². The topological polar surface area (TPSA) is 52.1 Å². The molecule has 0 saturated heterocycles. The van der Waals surface area contributed by atoms with E-state index in [0.717, 1.165) is 0 Å². The molecule has 0 saturated carbocycles. The highest BCUT2D eigenvalue weighted by Gasteiger charge is 2.02. The summed E-state index contributed by atoms with van der Waals surface area (Å²) in [6, 6.07) is 0. The summed E-state index contributed by atoms with van der Waals surface area (Å²) in [6.45, 7) is 1.64. The highest BCUT2D eigenvalue weighted by atomic mass is 35.5. The van der Waals surface area contributed by atoms with Crippen LogP contribution in [0.5, 0.6) is 0 Å². The van der Waals surface area contributed by atoms with Crippen molar-refractivity contribution in [3.8, 4) is 0 Å². The molecule has 1 aromatic heterocycles. The van der Waals surface area contributed by atoms with Gasteiger partial charge in [-0.05, 0) is 0 Å². The highest BCUT2D eigenvalue weighted by molar-refractivity contribution is 6.29. The van der Waals surface area contributed by atoms with Crippen LogP contribution >= 0.6 is 11.6 Å². The first kappa shape index (κ1) is 9.92. The maximum atomic E-state index is 10.4. The number of hydrogen-bond acceptors (Lipinski definition) is 4.